The minimum absolute atomic E-state index is 0.214. The van der Waals surface area contributed by atoms with E-state index in [-0.39, 0.29) is 11.1 Å². The predicted molar refractivity (Wildman–Crippen MR) is 70.3 cm³/mol. The van der Waals surface area contributed by atoms with Crippen molar-refractivity contribution in [3.05, 3.63) is 59.4 Å². The molecule has 0 spiro atoms. The van der Waals surface area contributed by atoms with Gasteiger partial charge in [-0.3, -0.25) is 0 Å². The average Bonchev–Trinajstić information content (AvgIpc) is 2.26. The molecular weight excluding hydrogens is 249 g/mol. The van der Waals surface area contributed by atoms with Crippen LogP contribution >= 0.6 is 0 Å². The Bertz CT molecular complexity index is 568. The maximum atomic E-state index is 14.0. The van der Waals surface area contributed by atoms with Gasteiger partial charge >= 0.3 is 0 Å². The quantitative estimate of drug-likeness (QED) is 0.734. The van der Waals surface area contributed by atoms with Crippen molar-refractivity contribution in [3.8, 4) is 11.1 Å². The first-order valence-corrected chi connectivity index (χ1v) is 6.20. The van der Waals surface area contributed by atoms with Gasteiger partial charge in [0.25, 0.3) is 0 Å². The molecule has 19 heavy (non-hydrogen) atoms. The minimum Gasteiger partial charge on any atom is -0.207 e. The summed E-state index contributed by atoms with van der Waals surface area (Å²) in [4.78, 5) is 0. The second-order valence-corrected chi connectivity index (χ2v) is 5.07. The summed E-state index contributed by atoms with van der Waals surface area (Å²) >= 11 is 0. The fourth-order valence-electron chi connectivity index (χ4n) is 2.10. The van der Waals surface area contributed by atoms with Crippen LogP contribution in [0.1, 0.15) is 19.4 Å². The van der Waals surface area contributed by atoms with E-state index in [2.05, 4.69) is 0 Å². The topological polar surface area (TPSA) is 0 Å². The molecule has 0 unspecified atom stereocenters. The van der Waals surface area contributed by atoms with Gasteiger partial charge in [-0.05, 0) is 41.7 Å². The molecule has 0 saturated heterocycles. The van der Waals surface area contributed by atoms with E-state index in [1.807, 2.05) is 13.8 Å². The van der Waals surface area contributed by atoms with Crippen molar-refractivity contribution in [2.75, 3.05) is 0 Å². The number of hydrogen-bond acceptors (Lipinski definition) is 0. The van der Waals surface area contributed by atoms with Gasteiger partial charge in [0.15, 0.2) is 0 Å². The third-order valence-corrected chi connectivity index (χ3v) is 2.85. The van der Waals surface area contributed by atoms with Gasteiger partial charge in [-0.1, -0.05) is 26.0 Å². The Morgan fingerprint density at radius 2 is 1.53 bits per heavy atom. The summed E-state index contributed by atoms with van der Waals surface area (Å²) in [7, 11) is 0. The number of rotatable bonds is 3. The van der Waals surface area contributed by atoms with Gasteiger partial charge < -0.3 is 0 Å². The lowest BCUT2D eigenvalue weighted by molar-refractivity contribution is 0.583. The van der Waals surface area contributed by atoms with Gasteiger partial charge in [0.1, 0.15) is 17.5 Å². The van der Waals surface area contributed by atoms with Crippen LogP contribution in [0.3, 0.4) is 0 Å². The third-order valence-electron chi connectivity index (χ3n) is 2.85. The van der Waals surface area contributed by atoms with E-state index in [1.165, 1.54) is 6.07 Å². The molecule has 0 radical (unpaired) electrons. The zero-order valence-electron chi connectivity index (χ0n) is 10.9. The molecule has 3 heteroatoms. The van der Waals surface area contributed by atoms with Crippen LogP contribution in [0.15, 0.2) is 36.4 Å². The summed E-state index contributed by atoms with van der Waals surface area (Å²) in [6.45, 7) is 4.10. The van der Waals surface area contributed by atoms with Gasteiger partial charge in [-0.15, -0.1) is 0 Å². The maximum absolute atomic E-state index is 14.0. The Balaban J connectivity index is 2.40. The standard InChI is InChI=1S/C16H15F3/c1-10(2)5-11-3-4-15(16(19)6-11)12-7-13(17)9-14(18)8-12/h3-4,6-10H,5H2,1-2H3. The van der Waals surface area contributed by atoms with Crippen LogP contribution in [-0.4, -0.2) is 0 Å². The lowest BCUT2D eigenvalue weighted by atomic mass is 9.98. The highest BCUT2D eigenvalue weighted by Gasteiger charge is 2.09. The summed E-state index contributed by atoms with van der Waals surface area (Å²) in [6.07, 6.45) is 0.773. The zero-order valence-corrected chi connectivity index (χ0v) is 10.9. The molecule has 2 aromatic rings. The second-order valence-electron chi connectivity index (χ2n) is 5.07. The van der Waals surface area contributed by atoms with Crippen LogP contribution in [-0.2, 0) is 6.42 Å². The van der Waals surface area contributed by atoms with E-state index >= 15 is 0 Å². The first-order chi connectivity index (χ1) is 8.95. The summed E-state index contributed by atoms with van der Waals surface area (Å²) in [5, 5.41) is 0. The zero-order chi connectivity index (χ0) is 14.0. The predicted octanol–water partition coefficient (Wildman–Crippen LogP) is 4.97. The van der Waals surface area contributed by atoms with Crippen LogP contribution in [0, 0.1) is 23.4 Å². The van der Waals surface area contributed by atoms with Gasteiger partial charge in [0, 0.05) is 11.6 Å². The molecule has 0 aliphatic carbocycles. The Morgan fingerprint density at radius 3 is 2.05 bits per heavy atom. The van der Waals surface area contributed by atoms with Gasteiger partial charge in [0.2, 0.25) is 0 Å². The maximum Gasteiger partial charge on any atom is 0.131 e. The summed E-state index contributed by atoms with van der Waals surface area (Å²) < 4.78 is 40.3. The molecule has 0 fully saturated rings. The van der Waals surface area contributed by atoms with E-state index in [0.29, 0.717) is 5.92 Å². The Morgan fingerprint density at radius 1 is 0.895 bits per heavy atom. The van der Waals surface area contributed by atoms with Crippen molar-refractivity contribution < 1.29 is 13.2 Å². The van der Waals surface area contributed by atoms with Gasteiger partial charge in [-0.2, -0.15) is 0 Å². The Hall–Kier alpha value is -1.77. The van der Waals surface area contributed by atoms with Crippen molar-refractivity contribution >= 4 is 0 Å². The molecule has 0 heterocycles. The molecule has 0 amide bonds. The lowest BCUT2D eigenvalue weighted by Crippen LogP contribution is -1.96. The van der Waals surface area contributed by atoms with Gasteiger partial charge in [-0.25, -0.2) is 13.2 Å². The van der Waals surface area contributed by atoms with E-state index in [1.54, 1.807) is 12.1 Å². The van der Waals surface area contributed by atoms with Gasteiger partial charge in [0.05, 0.1) is 0 Å². The average molecular weight is 264 g/mol. The van der Waals surface area contributed by atoms with Crippen LogP contribution in [0.25, 0.3) is 11.1 Å². The molecule has 2 rings (SSSR count). The van der Waals surface area contributed by atoms with E-state index in [4.69, 9.17) is 0 Å². The molecule has 0 nitrogen and oxygen atoms in total. The Kier molecular flexibility index (Phi) is 3.93. The summed E-state index contributed by atoms with van der Waals surface area (Å²) in [5.41, 5.74) is 1.31. The monoisotopic (exact) mass is 264 g/mol. The SMILES string of the molecule is CC(C)Cc1ccc(-c2cc(F)cc(F)c2)c(F)c1. The first-order valence-electron chi connectivity index (χ1n) is 6.20. The van der Waals surface area contributed by atoms with Crippen LogP contribution in [0.2, 0.25) is 0 Å². The number of halogens is 3. The molecule has 0 aliphatic heterocycles. The van der Waals surface area contributed by atoms with E-state index in [0.717, 1.165) is 30.2 Å². The molecule has 0 aliphatic rings. The molecular formula is C16H15F3. The fourth-order valence-corrected chi connectivity index (χ4v) is 2.10. The minimum atomic E-state index is -0.708. The highest BCUT2D eigenvalue weighted by molar-refractivity contribution is 5.64. The lowest BCUT2D eigenvalue weighted by Gasteiger charge is -2.08. The molecule has 0 atom stereocenters. The molecule has 100 valence electrons. The molecule has 0 bridgehead atoms. The highest BCUT2D eigenvalue weighted by Crippen LogP contribution is 2.26. The van der Waals surface area contributed by atoms with Crippen molar-refractivity contribution in [1.82, 2.24) is 0 Å². The number of benzene rings is 2. The fraction of sp³-hybridized carbons (Fsp3) is 0.250. The molecule has 2 aromatic carbocycles. The van der Waals surface area contributed by atoms with Crippen molar-refractivity contribution in [2.24, 2.45) is 5.92 Å². The van der Waals surface area contributed by atoms with Crippen molar-refractivity contribution in [2.45, 2.75) is 20.3 Å². The number of hydrogen-bond donors (Lipinski definition) is 0. The van der Waals surface area contributed by atoms with E-state index in [9.17, 15) is 13.2 Å². The third kappa shape index (κ3) is 3.37. The second kappa shape index (κ2) is 5.47. The smallest absolute Gasteiger partial charge is 0.131 e. The molecule has 0 saturated carbocycles. The first kappa shape index (κ1) is 13.7. The van der Waals surface area contributed by atoms with Crippen molar-refractivity contribution in [3.63, 3.8) is 0 Å². The van der Waals surface area contributed by atoms with Crippen molar-refractivity contribution in [1.29, 1.82) is 0 Å². The van der Waals surface area contributed by atoms with Crippen LogP contribution < -0.4 is 0 Å². The summed E-state index contributed by atoms with van der Waals surface area (Å²) in [6, 6.07) is 7.82. The molecule has 0 N–H and O–H groups in total. The summed E-state index contributed by atoms with van der Waals surface area (Å²) in [5.74, 6) is -1.44. The van der Waals surface area contributed by atoms with E-state index < -0.39 is 17.5 Å². The van der Waals surface area contributed by atoms with Crippen LogP contribution in [0.4, 0.5) is 13.2 Å². The largest absolute Gasteiger partial charge is 0.207 e. The molecule has 0 aromatic heterocycles. The van der Waals surface area contributed by atoms with Crippen LogP contribution in [0.5, 0.6) is 0 Å². The normalized spacial score (nSPS) is 11.1. The Labute approximate surface area is 110 Å². The highest BCUT2D eigenvalue weighted by atomic mass is 19.1.